The first kappa shape index (κ1) is 14.0. The van der Waals surface area contributed by atoms with E-state index in [-0.39, 0.29) is 5.82 Å². The SMILES string of the molecule is C=CCCCN(C)c1ncc(F)cc1CNC1CC1. The molecule has 1 aliphatic rings. The Morgan fingerprint density at radius 2 is 2.37 bits per heavy atom. The second-order valence-electron chi connectivity index (χ2n) is 5.14. The van der Waals surface area contributed by atoms with E-state index in [1.165, 1.54) is 19.0 Å². The monoisotopic (exact) mass is 263 g/mol. The molecule has 0 aliphatic heterocycles. The molecule has 1 aromatic heterocycles. The Morgan fingerprint density at radius 3 is 3.05 bits per heavy atom. The van der Waals surface area contributed by atoms with Gasteiger partial charge in [-0.15, -0.1) is 6.58 Å². The van der Waals surface area contributed by atoms with Gasteiger partial charge < -0.3 is 10.2 Å². The highest BCUT2D eigenvalue weighted by atomic mass is 19.1. The van der Waals surface area contributed by atoms with E-state index in [1.807, 2.05) is 13.1 Å². The van der Waals surface area contributed by atoms with E-state index in [2.05, 4.69) is 21.8 Å². The van der Waals surface area contributed by atoms with Crippen molar-refractivity contribution in [3.8, 4) is 0 Å². The van der Waals surface area contributed by atoms with Gasteiger partial charge in [-0.05, 0) is 31.7 Å². The molecular formula is C15H22FN3. The molecule has 0 atom stereocenters. The third-order valence-electron chi connectivity index (χ3n) is 3.33. The van der Waals surface area contributed by atoms with Gasteiger partial charge in [-0.3, -0.25) is 0 Å². The number of rotatable bonds is 8. The molecule has 1 N–H and O–H groups in total. The zero-order valence-electron chi connectivity index (χ0n) is 11.5. The van der Waals surface area contributed by atoms with E-state index in [4.69, 9.17) is 0 Å². The molecule has 104 valence electrons. The molecule has 0 saturated heterocycles. The first-order valence-corrected chi connectivity index (χ1v) is 6.90. The topological polar surface area (TPSA) is 28.2 Å². The summed E-state index contributed by atoms with van der Waals surface area (Å²) in [5.74, 6) is 0.606. The van der Waals surface area contributed by atoms with Gasteiger partial charge in [-0.2, -0.15) is 0 Å². The van der Waals surface area contributed by atoms with Gasteiger partial charge in [0.25, 0.3) is 0 Å². The highest BCUT2D eigenvalue weighted by molar-refractivity contribution is 5.46. The molecule has 0 aromatic carbocycles. The van der Waals surface area contributed by atoms with Crippen molar-refractivity contribution in [1.82, 2.24) is 10.3 Å². The maximum absolute atomic E-state index is 13.3. The highest BCUT2D eigenvalue weighted by Crippen LogP contribution is 2.22. The number of hydrogen-bond donors (Lipinski definition) is 1. The van der Waals surface area contributed by atoms with E-state index >= 15 is 0 Å². The summed E-state index contributed by atoms with van der Waals surface area (Å²) in [6.45, 7) is 5.32. The van der Waals surface area contributed by atoms with E-state index in [0.29, 0.717) is 12.6 Å². The summed E-state index contributed by atoms with van der Waals surface area (Å²) in [7, 11) is 2.00. The van der Waals surface area contributed by atoms with Crippen LogP contribution in [-0.4, -0.2) is 24.6 Å². The molecule has 19 heavy (non-hydrogen) atoms. The van der Waals surface area contributed by atoms with Crippen molar-refractivity contribution in [1.29, 1.82) is 0 Å². The van der Waals surface area contributed by atoms with Crippen LogP contribution in [0.2, 0.25) is 0 Å². The average molecular weight is 263 g/mol. The minimum absolute atomic E-state index is 0.268. The molecule has 3 nitrogen and oxygen atoms in total. The Bertz CT molecular complexity index is 429. The van der Waals surface area contributed by atoms with Crippen LogP contribution in [0.3, 0.4) is 0 Å². The van der Waals surface area contributed by atoms with Crippen LogP contribution in [0.25, 0.3) is 0 Å². The molecule has 1 aliphatic carbocycles. The molecule has 0 radical (unpaired) electrons. The van der Waals surface area contributed by atoms with Gasteiger partial charge in [-0.25, -0.2) is 9.37 Å². The fourth-order valence-electron chi connectivity index (χ4n) is 2.07. The van der Waals surface area contributed by atoms with Gasteiger partial charge in [0.2, 0.25) is 0 Å². The smallest absolute Gasteiger partial charge is 0.141 e. The van der Waals surface area contributed by atoms with Crippen LogP contribution in [0.1, 0.15) is 31.2 Å². The summed E-state index contributed by atoms with van der Waals surface area (Å²) >= 11 is 0. The van der Waals surface area contributed by atoms with E-state index < -0.39 is 0 Å². The Kier molecular flexibility index (Phi) is 4.91. The average Bonchev–Trinajstić information content (AvgIpc) is 3.20. The van der Waals surface area contributed by atoms with Crippen LogP contribution in [0.5, 0.6) is 0 Å². The van der Waals surface area contributed by atoms with Crippen molar-refractivity contribution in [3.63, 3.8) is 0 Å². The second-order valence-corrected chi connectivity index (χ2v) is 5.14. The summed E-state index contributed by atoms with van der Waals surface area (Å²) in [5, 5.41) is 3.41. The molecule has 0 bridgehead atoms. The quantitative estimate of drug-likeness (QED) is 0.577. The molecular weight excluding hydrogens is 241 g/mol. The fraction of sp³-hybridized carbons (Fsp3) is 0.533. The number of pyridine rings is 1. The van der Waals surface area contributed by atoms with Gasteiger partial charge in [0.1, 0.15) is 11.6 Å². The maximum atomic E-state index is 13.3. The highest BCUT2D eigenvalue weighted by Gasteiger charge is 2.21. The number of nitrogens with zero attached hydrogens (tertiary/aromatic N) is 2. The summed E-state index contributed by atoms with van der Waals surface area (Å²) in [5.41, 5.74) is 0.938. The van der Waals surface area contributed by atoms with Gasteiger partial charge in [0, 0.05) is 31.7 Å². The van der Waals surface area contributed by atoms with E-state index in [9.17, 15) is 4.39 Å². The van der Waals surface area contributed by atoms with Crippen molar-refractivity contribution >= 4 is 5.82 Å². The largest absolute Gasteiger partial charge is 0.359 e. The van der Waals surface area contributed by atoms with E-state index in [1.54, 1.807) is 6.07 Å². The minimum atomic E-state index is -0.268. The van der Waals surface area contributed by atoms with Gasteiger partial charge in [0.05, 0.1) is 6.20 Å². The Balaban J connectivity index is 2.01. The molecule has 1 heterocycles. The first-order chi connectivity index (χ1) is 9.20. The van der Waals surface area contributed by atoms with Crippen molar-refractivity contribution in [2.75, 3.05) is 18.5 Å². The lowest BCUT2D eigenvalue weighted by Crippen LogP contribution is -2.24. The molecule has 0 unspecified atom stereocenters. The molecule has 0 spiro atoms. The third kappa shape index (κ3) is 4.31. The predicted molar refractivity (Wildman–Crippen MR) is 76.8 cm³/mol. The van der Waals surface area contributed by atoms with Crippen LogP contribution < -0.4 is 10.2 Å². The number of anilines is 1. The molecule has 0 amide bonds. The van der Waals surface area contributed by atoms with Crippen molar-refractivity contribution in [3.05, 3.63) is 36.3 Å². The molecule has 1 saturated carbocycles. The fourth-order valence-corrected chi connectivity index (χ4v) is 2.07. The zero-order valence-corrected chi connectivity index (χ0v) is 11.5. The number of allylic oxidation sites excluding steroid dienone is 1. The predicted octanol–water partition coefficient (Wildman–Crippen LogP) is 2.88. The minimum Gasteiger partial charge on any atom is -0.359 e. The molecule has 2 rings (SSSR count). The van der Waals surface area contributed by atoms with Crippen LogP contribution in [0.15, 0.2) is 24.9 Å². The number of unbranched alkanes of at least 4 members (excludes halogenated alkanes) is 1. The standard InChI is InChI=1S/C15H22FN3/c1-3-4-5-8-19(2)15-12(9-13(16)11-18-15)10-17-14-6-7-14/h3,9,11,14,17H,1,4-8,10H2,2H3. The Morgan fingerprint density at radius 1 is 1.58 bits per heavy atom. The molecule has 1 fully saturated rings. The lowest BCUT2D eigenvalue weighted by atomic mass is 10.2. The Labute approximate surface area is 114 Å². The van der Waals surface area contributed by atoms with Crippen LogP contribution in [0.4, 0.5) is 10.2 Å². The van der Waals surface area contributed by atoms with E-state index in [0.717, 1.165) is 30.8 Å². The van der Waals surface area contributed by atoms with Crippen LogP contribution in [0, 0.1) is 5.82 Å². The lowest BCUT2D eigenvalue weighted by molar-refractivity contribution is 0.610. The van der Waals surface area contributed by atoms with Gasteiger partial charge >= 0.3 is 0 Å². The first-order valence-electron chi connectivity index (χ1n) is 6.90. The van der Waals surface area contributed by atoms with Gasteiger partial charge in [-0.1, -0.05) is 6.08 Å². The summed E-state index contributed by atoms with van der Waals surface area (Å²) < 4.78 is 13.3. The van der Waals surface area contributed by atoms with Gasteiger partial charge in [0.15, 0.2) is 0 Å². The number of halogens is 1. The normalized spacial score (nSPS) is 14.4. The Hall–Kier alpha value is -1.42. The lowest BCUT2D eigenvalue weighted by Gasteiger charge is -2.21. The summed E-state index contributed by atoms with van der Waals surface area (Å²) in [4.78, 5) is 6.33. The molecule has 1 aromatic rings. The number of aromatic nitrogens is 1. The van der Waals surface area contributed by atoms with Crippen LogP contribution >= 0.6 is 0 Å². The van der Waals surface area contributed by atoms with Crippen molar-refractivity contribution < 1.29 is 4.39 Å². The number of hydrogen-bond acceptors (Lipinski definition) is 3. The van der Waals surface area contributed by atoms with Crippen molar-refractivity contribution in [2.24, 2.45) is 0 Å². The zero-order chi connectivity index (χ0) is 13.7. The maximum Gasteiger partial charge on any atom is 0.141 e. The second kappa shape index (κ2) is 6.66. The molecule has 4 heteroatoms. The van der Waals surface area contributed by atoms with Crippen molar-refractivity contribution in [2.45, 2.75) is 38.3 Å². The summed E-state index contributed by atoms with van der Waals surface area (Å²) in [6.07, 6.45) is 7.69. The number of nitrogens with one attached hydrogen (secondary N) is 1. The van der Waals surface area contributed by atoms with Crippen LogP contribution in [-0.2, 0) is 6.54 Å². The summed E-state index contributed by atoms with van der Waals surface area (Å²) in [6, 6.07) is 2.20. The third-order valence-corrected chi connectivity index (χ3v) is 3.33.